The fourth-order valence-corrected chi connectivity index (χ4v) is 0.669. The number of hydrogen-bond donors (Lipinski definition) is 2. The molecule has 1 unspecified atom stereocenters. The van der Waals surface area contributed by atoms with Crippen LogP contribution in [0.15, 0.2) is 4.52 Å². The fourth-order valence-electron chi connectivity index (χ4n) is 0.669. The van der Waals surface area contributed by atoms with E-state index in [-0.39, 0.29) is 6.01 Å². The van der Waals surface area contributed by atoms with Gasteiger partial charge in [-0.2, -0.15) is 18.2 Å². The molecule has 14 heavy (non-hydrogen) atoms. The van der Waals surface area contributed by atoms with Crippen molar-refractivity contribution < 1.29 is 22.8 Å². The van der Waals surface area contributed by atoms with E-state index in [0.29, 0.717) is 5.82 Å². The van der Waals surface area contributed by atoms with Gasteiger partial charge in [-0.25, -0.2) is 0 Å². The van der Waals surface area contributed by atoms with Crippen molar-refractivity contribution in [3.05, 3.63) is 5.82 Å². The highest BCUT2D eigenvalue weighted by Gasteiger charge is 2.38. The summed E-state index contributed by atoms with van der Waals surface area (Å²) >= 11 is 0. The van der Waals surface area contributed by atoms with Crippen LogP contribution in [0.5, 0.6) is 0 Å². The molecule has 0 aromatic carbocycles. The van der Waals surface area contributed by atoms with Gasteiger partial charge < -0.3 is 14.9 Å². The Bertz CT molecular complexity index is 299. The Kier molecular flexibility index (Phi) is 2.94. The van der Waals surface area contributed by atoms with Gasteiger partial charge in [-0.3, -0.25) is 0 Å². The Balaban J connectivity index is 2.41. The number of rotatable bonds is 3. The van der Waals surface area contributed by atoms with E-state index >= 15 is 0 Å². The van der Waals surface area contributed by atoms with Gasteiger partial charge in [0.05, 0.1) is 6.54 Å². The lowest BCUT2D eigenvalue weighted by Crippen LogP contribution is -2.35. The van der Waals surface area contributed by atoms with E-state index in [2.05, 4.69) is 20.0 Å². The first-order chi connectivity index (χ1) is 6.39. The highest BCUT2D eigenvalue weighted by atomic mass is 19.4. The van der Waals surface area contributed by atoms with E-state index in [1.807, 2.05) is 0 Å². The molecule has 1 heterocycles. The molecule has 0 aliphatic carbocycles. The molecule has 0 spiro atoms. The topological polar surface area (TPSA) is 71.2 Å². The summed E-state index contributed by atoms with van der Waals surface area (Å²) in [6, 6.07) is -0.147. The maximum atomic E-state index is 11.8. The Morgan fingerprint density at radius 2 is 2.21 bits per heavy atom. The summed E-state index contributed by atoms with van der Waals surface area (Å²) in [5.74, 6) is 0.300. The Morgan fingerprint density at radius 3 is 2.64 bits per heavy atom. The average molecular weight is 211 g/mol. The van der Waals surface area contributed by atoms with Crippen LogP contribution in [0.2, 0.25) is 0 Å². The molecule has 0 aliphatic heterocycles. The van der Waals surface area contributed by atoms with Crippen molar-refractivity contribution in [3.63, 3.8) is 0 Å². The minimum absolute atomic E-state index is 0.147. The van der Waals surface area contributed by atoms with Crippen LogP contribution in [0.4, 0.5) is 19.2 Å². The maximum Gasteiger partial charge on any atom is 0.416 e. The zero-order valence-electron chi connectivity index (χ0n) is 7.17. The number of aliphatic hydroxyl groups is 1. The first-order valence-electron chi connectivity index (χ1n) is 3.68. The number of nitrogens with one attached hydrogen (secondary N) is 1. The molecule has 1 rings (SSSR count). The van der Waals surface area contributed by atoms with Gasteiger partial charge in [0.25, 0.3) is 0 Å². The van der Waals surface area contributed by atoms with Gasteiger partial charge in [-0.1, -0.05) is 5.16 Å². The number of halogens is 3. The van der Waals surface area contributed by atoms with Gasteiger partial charge >= 0.3 is 12.2 Å². The van der Waals surface area contributed by atoms with E-state index in [0.717, 1.165) is 0 Å². The molecule has 5 nitrogen and oxygen atoms in total. The number of aliphatic hydroxyl groups excluding tert-OH is 1. The molecule has 8 heteroatoms. The minimum Gasteiger partial charge on any atom is -0.382 e. The molecular formula is C6H8F3N3O2. The zero-order valence-corrected chi connectivity index (χ0v) is 7.17. The fraction of sp³-hybridized carbons (Fsp3) is 0.667. The van der Waals surface area contributed by atoms with Crippen molar-refractivity contribution in [2.45, 2.75) is 19.2 Å². The van der Waals surface area contributed by atoms with Gasteiger partial charge in [0, 0.05) is 0 Å². The normalized spacial score (nSPS) is 14.1. The third-order valence-corrected chi connectivity index (χ3v) is 1.35. The standard InChI is InChI=1S/C6H8F3N3O2/c1-3-11-5(14-12-3)10-2-4(13)6(7,8)9/h4,13H,2H2,1H3,(H,10,11,12). The summed E-state index contributed by atoms with van der Waals surface area (Å²) in [5.41, 5.74) is 0. The average Bonchev–Trinajstić information content (AvgIpc) is 2.45. The van der Waals surface area contributed by atoms with Crippen LogP contribution < -0.4 is 5.32 Å². The van der Waals surface area contributed by atoms with Crippen molar-refractivity contribution >= 4 is 6.01 Å². The molecule has 1 atom stereocenters. The Morgan fingerprint density at radius 1 is 1.57 bits per heavy atom. The van der Waals surface area contributed by atoms with E-state index in [1.54, 1.807) is 0 Å². The molecule has 0 fully saturated rings. The first kappa shape index (κ1) is 10.8. The minimum atomic E-state index is -4.65. The molecule has 1 aromatic heterocycles. The number of hydrogen-bond acceptors (Lipinski definition) is 5. The van der Waals surface area contributed by atoms with Gasteiger partial charge in [-0.15, -0.1) is 0 Å². The quantitative estimate of drug-likeness (QED) is 0.770. The number of aryl methyl sites for hydroxylation is 1. The van der Waals surface area contributed by atoms with Crippen molar-refractivity contribution in [3.8, 4) is 0 Å². The number of alkyl halides is 3. The smallest absolute Gasteiger partial charge is 0.382 e. The van der Waals surface area contributed by atoms with Crippen LogP contribution >= 0.6 is 0 Å². The molecule has 0 saturated heterocycles. The Labute approximate surface area is 76.9 Å². The van der Waals surface area contributed by atoms with Crippen molar-refractivity contribution in [1.82, 2.24) is 10.1 Å². The highest BCUT2D eigenvalue weighted by Crippen LogP contribution is 2.20. The summed E-state index contributed by atoms with van der Waals surface area (Å²) in [6.45, 7) is 0.806. The van der Waals surface area contributed by atoms with Gasteiger partial charge in [0.1, 0.15) is 0 Å². The van der Waals surface area contributed by atoms with Crippen LogP contribution in [0.1, 0.15) is 5.82 Å². The number of nitrogens with zero attached hydrogens (tertiary/aromatic N) is 2. The van der Waals surface area contributed by atoms with E-state index in [9.17, 15) is 13.2 Å². The van der Waals surface area contributed by atoms with E-state index in [1.165, 1.54) is 6.92 Å². The van der Waals surface area contributed by atoms with Gasteiger partial charge in [-0.05, 0) is 6.92 Å². The Hall–Kier alpha value is -1.31. The lowest BCUT2D eigenvalue weighted by atomic mass is 10.3. The molecule has 1 aromatic rings. The first-order valence-corrected chi connectivity index (χ1v) is 3.68. The molecule has 0 saturated carbocycles. The maximum absolute atomic E-state index is 11.8. The molecule has 0 bridgehead atoms. The lowest BCUT2D eigenvalue weighted by molar-refractivity contribution is -0.198. The van der Waals surface area contributed by atoms with Crippen LogP contribution in [-0.2, 0) is 0 Å². The molecule has 2 N–H and O–H groups in total. The second-order valence-corrected chi connectivity index (χ2v) is 2.59. The lowest BCUT2D eigenvalue weighted by Gasteiger charge is -2.13. The van der Waals surface area contributed by atoms with Crippen molar-refractivity contribution in [2.24, 2.45) is 0 Å². The van der Waals surface area contributed by atoms with Crippen LogP contribution in [0, 0.1) is 6.92 Å². The number of anilines is 1. The zero-order chi connectivity index (χ0) is 10.8. The summed E-state index contributed by atoms with van der Waals surface area (Å²) in [6.07, 6.45) is -7.10. The number of aromatic nitrogens is 2. The predicted molar refractivity (Wildman–Crippen MR) is 39.6 cm³/mol. The van der Waals surface area contributed by atoms with Crippen LogP contribution in [0.25, 0.3) is 0 Å². The second-order valence-electron chi connectivity index (χ2n) is 2.59. The van der Waals surface area contributed by atoms with Gasteiger partial charge in [0.2, 0.25) is 0 Å². The monoisotopic (exact) mass is 211 g/mol. The van der Waals surface area contributed by atoms with Crippen molar-refractivity contribution in [2.75, 3.05) is 11.9 Å². The SMILES string of the molecule is Cc1noc(NCC(O)C(F)(F)F)n1. The van der Waals surface area contributed by atoms with Crippen LogP contribution in [0.3, 0.4) is 0 Å². The van der Waals surface area contributed by atoms with E-state index < -0.39 is 18.8 Å². The summed E-state index contributed by atoms with van der Waals surface area (Å²) < 4.78 is 39.9. The third kappa shape index (κ3) is 2.87. The third-order valence-electron chi connectivity index (χ3n) is 1.35. The van der Waals surface area contributed by atoms with Crippen molar-refractivity contribution in [1.29, 1.82) is 0 Å². The summed E-state index contributed by atoms with van der Waals surface area (Å²) in [4.78, 5) is 3.60. The molecule has 80 valence electrons. The molecule has 0 aliphatic rings. The predicted octanol–water partition coefficient (Wildman–Crippen LogP) is 0.713. The van der Waals surface area contributed by atoms with E-state index in [4.69, 9.17) is 5.11 Å². The summed E-state index contributed by atoms with van der Waals surface area (Å²) in [7, 11) is 0. The molecule has 0 radical (unpaired) electrons. The summed E-state index contributed by atoms with van der Waals surface area (Å²) in [5, 5.41) is 14.1. The van der Waals surface area contributed by atoms with Crippen LogP contribution in [-0.4, -0.2) is 34.1 Å². The highest BCUT2D eigenvalue weighted by molar-refractivity contribution is 5.18. The largest absolute Gasteiger partial charge is 0.416 e. The molecular weight excluding hydrogens is 203 g/mol. The second kappa shape index (κ2) is 3.82. The van der Waals surface area contributed by atoms with Gasteiger partial charge in [0.15, 0.2) is 11.9 Å². The molecule has 0 amide bonds.